The third-order valence-corrected chi connectivity index (χ3v) is 2.20. The topological polar surface area (TPSA) is 56.8 Å². The van der Waals surface area contributed by atoms with Crippen LogP contribution in [0, 0.1) is 0 Å². The molecule has 1 N–H and O–H groups in total. The minimum Gasteiger partial charge on any atom is -0.378 e. The summed E-state index contributed by atoms with van der Waals surface area (Å²) in [5.74, 6) is 0.121. The quantitative estimate of drug-likeness (QED) is 0.528. The Morgan fingerprint density at radius 3 is 2.00 bits per heavy atom. The average molecular weight is 293 g/mol. The lowest BCUT2D eigenvalue weighted by Gasteiger charge is -2.09. The highest BCUT2D eigenvalue weighted by molar-refractivity contribution is 5.79. The van der Waals surface area contributed by atoms with Crippen LogP contribution in [0.1, 0.15) is 42.5 Å². The fourth-order valence-electron chi connectivity index (χ4n) is 1.15. The van der Waals surface area contributed by atoms with E-state index in [9.17, 15) is 4.79 Å². The van der Waals surface area contributed by atoms with Crippen molar-refractivity contribution in [3.8, 4) is 0 Å². The molecule has 0 saturated carbocycles. The van der Waals surface area contributed by atoms with Gasteiger partial charge in [-0.1, -0.05) is 34.6 Å². The van der Waals surface area contributed by atoms with Crippen molar-refractivity contribution in [3.63, 3.8) is 0 Å². The second-order valence-corrected chi connectivity index (χ2v) is 4.28. The molecule has 0 heterocycles. The molecule has 0 saturated heterocycles. The summed E-state index contributed by atoms with van der Waals surface area (Å²) in [7, 11) is 0. The first-order valence-corrected chi connectivity index (χ1v) is 7.65. The Morgan fingerprint density at radius 2 is 1.50 bits per heavy atom. The third kappa shape index (κ3) is 19.8. The predicted molar refractivity (Wildman–Crippen MR) is 84.4 cm³/mol. The zero-order valence-electron chi connectivity index (χ0n) is 13.9. The highest BCUT2D eigenvalue weighted by Crippen LogP contribution is 1.85. The molecule has 20 heavy (non-hydrogen) atoms. The number of Topliss-reactive ketones (excluding diaryl/α,β-unsaturated/α-hetero) is 1. The molecule has 0 fully saturated rings. The van der Waals surface area contributed by atoms with Gasteiger partial charge in [-0.2, -0.15) is 0 Å². The molecule has 0 aromatic rings. The van der Waals surface area contributed by atoms with E-state index in [4.69, 9.17) is 14.2 Å². The van der Waals surface area contributed by atoms with Crippen LogP contribution in [-0.4, -0.2) is 58.0 Å². The molecule has 0 aromatic carbocycles. The number of hydrogen-bond acceptors (Lipinski definition) is 5. The Balaban J connectivity index is -0.00000103. The van der Waals surface area contributed by atoms with E-state index in [1.807, 2.05) is 20.8 Å². The second kappa shape index (κ2) is 18.5. The second-order valence-electron chi connectivity index (χ2n) is 4.28. The largest absolute Gasteiger partial charge is 0.378 e. The molecule has 0 radical (unpaired) electrons. The minimum absolute atomic E-state index is 0. The number of ether oxygens (including phenoxy) is 3. The van der Waals surface area contributed by atoms with Crippen LogP contribution in [0.25, 0.3) is 0 Å². The molecule has 0 rings (SSSR count). The van der Waals surface area contributed by atoms with E-state index in [2.05, 4.69) is 19.2 Å². The Labute approximate surface area is 125 Å². The van der Waals surface area contributed by atoms with Gasteiger partial charge < -0.3 is 19.5 Å². The van der Waals surface area contributed by atoms with Gasteiger partial charge in [0.25, 0.3) is 0 Å². The Hall–Kier alpha value is -0.490. The maximum Gasteiger partial charge on any atom is 0.158 e. The van der Waals surface area contributed by atoms with E-state index in [1.165, 1.54) is 0 Å². The molecular weight excluding hydrogens is 258 g/mol. The molecule has 0 bridgehead atoms. The van der Waals surface area contributed by atoms with E-state index < -0.39 is 0 Å². The van der Waals surface area contributed by atoms with E-state index in [0.717, 1.165) is 6.54 Å². The van der Waals surface area contributed by atoms with Crippen LogP contribution in [0.2, 0.25) is 0 Å². The molecule has 0 spiro atoms. The van der Waals surface area contributed by atoms with Crippen molar-refractivity contribution >= 4 is 5.78 Å². The maximum absolute atomic E-state index is 10.9. The summed E-state index contributed by atoms with van der Waals surface area (Å²) in [6.45, 7) is 13.9. The van der Waals surface area contributed by atoms with Crippen molar-refractivity contribution in [1.82, 2.24) is 5.32 Å². The lowest BCUT2D eigenvalue weighted by molar-refractivity contribution is -0.123. The predicted octanol–water partition coefficient (Wildman–Crippen LogP) is 2.29. The third-order valence-electron chi connectivity index (χ3n) is 2.20. The van der Waals surface area contributed by atoms with Gasteiger partial charge in [-0.05, 0) is 0 Å². The molecule has 0 aliphatic carbocycles. The highest BCUT2D eigenvalue weighted by atomic mass is 16.5. The molecule has 0 amide bonds. The number of rotatable bonds is 13. The van der Waals surface area contributed by atoms with Crippen molar-refractivity contribution in [2.45, 2.75) is 47.1 Å². The molecule has 0 aliphatic rings. The summed E-state index contributed by atoms with van der Waals surface area (Å²) in [5, 5.41) is 3.26. The van der Waals surface area contributed by atoms with Gasteiger partial charge in [0.1, 0.15) is 6.61 Å². The summed E-state index contributed by atoms with van der Waals surface area (Å²) in [4.78, 5) is 10.9. The number of ketones is 1. The number of carbonyl (C=O) groups is 1. The molecule has 0 aliphatic heterocycles. The first-order chi connectivity index (χ1) is 9.66. The van der Waals surface area contributed by atoms with Crippen LogP contribution in [0.5, 0.6) is 0 Å². The number of nitrogens with one attached hydrogen (secondary N) is 1. The molecule has 0 atom stereocenters. The first kappa shape index (κ1) is 21.8. The van der Waals surface area contributed by atoms with Gasteiger partial charge in [0.2, 0.25) is 0 Å². The van der Waals surface area contributed by atoms with E-state index in [1.54, 1.807) is 0 Å². The molecule has 5 heteroatoms. The molecule has 124 valence electrons. The van der Waals surface area contributed by atoms with Crippen LogP contribution in [0.15, 0.2) is 0 Å². The molecule has 5 nitrogen and oxygen atoms in total. The molecule has 0 unspecified atom stereocenters. The Morgan fingerprint density at radius 1 is 1.00 bits per heavy atom. The van der Waals surface area contributed by atoms with Crippen molar-refractivity contribution in [3.05, 3.63) is 0 Å². The Kier molecular flexibility index (Phi) is 20.2. The van der Waals surface area contributed by atoms with Crippen LogP contribution in [0.3, 0.4) is 0 Å². The number of carbonyl (C=O) groups excluding carboxylic acids is 1. The summed E-state index contributed by atoms with van der Waals surface area (Å²) >= 11 is 0. The van der Waals surface area contributed by atoms with Crippen molar-refractivity contribution in [1.29, 1.82) is 0 Å². The van der Waals surface area contributed by atoms with E-state index in [0.29, 0.717) is 45.5 Å². The van der Waals surface area contributed by atoms with Gasteiger partial charge >= 0.3 is 0 Å². The van der Waals surface area contributed by atoms with Crippen molar-refractivity contribution in [2.24, 2.45) is 0 Å². The zero-order chi connectivity index (χ0) is 15.6. The zero-order valence-corrected chi connectivity index (χ0v) is 13.9. The van der Waals surface area contributed by atoms with Gasteiger partial charge in [0.15, 0.2) is 5.78 Å². The standard InChI is InChI=1S/C13H27NO4.C2H6.H2/c1-4-13(15)11-18-10-9-17-8-7-16-6-5-14-12(2)3;1-2;/h12,14H,4-11H2,1-3H3;1-2H3;1H. The van der Waals surface area contributed by atoms with Crippen LogP contribution >= 0.6 is 0 Å². The smallest absolute Gasteiger partial charge is 0.158 e. The number of hydrogen-bond donors (Lipinski definition) is 1. The van der Waals surface area contributed by atoms with Crippen molar-refractivity contribution in [2.75, 3.05) is 46.2 Å². The summed E-state index contributed by atoms with van der Waals surface area (Å²) in [6, 6.07) is 0.493. The van der Waals surface area contributed by atoms with Gasteiger partial charge in [0.05, 0.1) is 33.0 Å². The van der Waals surface area contributed by atoms with Crippen LogP contribution in [-0.2, 0) is 19.0 Å². The normalized spacial score (nSPS) is 10.3. The lowest BCUT2D eigenvalue weighted by Crippen LogP contribution is -2.27. The van der Waals surface area contributed by atoms with Crippen LogP contribution in [0.4, 0.5) is 0 Å². The highest BCUT2D eigenvalue weighted by Gasteiger charge is 1.97. The van der Waals surface area contributed by atoms with Gasteiger partial charge in [0, 0.05) is 20.4 Å². The minimum atomic E-state index is 0. The fraction of sp³-hybridized carbons (Fsp3) is 0.933. The van der Waals surface area contributed by atoms with Crippen LogP contribution < -0.4 is 5.32 Å². The first-order valence-electron chi connectivity index (χ1n) is 7.65. The van der Waals surface area contributed by atoms with E-state index >= 15 is 0 Å². The maximum atomic E-state index is 10.9. The van der Waals surface area contributed by atoms with E-state index in [-0.39, 0.29) is 13.8 Å². The monoisotopic (exact) mass is 293 g/mol. The lowest BCUT2D eigenvalue weighted by atomic mass is 10.3. The van der Waals surface area contributed by atoms with Gasteiger partial charge in [-0.25, -0.2) is 0 Å². The van der Waals surface area contributed by atoms with Gasteiger partial charge in [-0.3, -0.25) is 4.79 Å². The summed E-state index contributed by atoms with van der Waals surface area (Å²) in [5.41, 5.74) is 0. The fourth-order valence-corrected chi connectivity index (χ4v) is 1.15. The van der Waals surface area contributed by atoms with Crippen molar-refractivity contribution < 1.29 is 20.4 Å². The molecular formula is C15H35NO4. The average Bonchev–Trinajstić information content (AvgIpc) is 2.46. The Bertz CT molecular complexity index is 204. The van der Waals surface area contributed by atoms with Gasteiger partial charge in [-0.15, -0.1) is 0 Å². The summed E-state index contributed by atoms with van der Waals surface area (Å²) < 4.78 is 15.8. The SMILES string of the molecule is CC.CCC(=O)COCCOCCOCCNC(C)C.[HH]. The summed E-state index contributed by atoms with van der Waals surface area (Å²) in [6.07, 6.45) is 0.527. The molecule has 0 aromatic heterocycles.